The lowest BCUT2D eigenvalue weighted by Crippen LogP contribution is -2.33. The van der Waals surface area contributed by atoms with E-state index in [0.717, 1.165) is 19.6 Å². The zero-order chi connectivity index (χ0) is 13.8. The maximum atomic E-state index is 11.0. The third-order valence-corrected chi connectivity index (χ3v) is 3.15. The molecule has 2 heterocycles. The van der Waals surface area contributed by atoms with Gasteiger partial charge in [-0.3, -0.25) is 10.1 Å². The average Bonchev–Trinajstić information content (AvgIpc) is 2.81. The van der Waals surface area contributed by atoms with E-state index in [-0.39, 0.29) is 23.4 Å². The Kier molecular flexibility index (Phi) is 4.10. The molecule has 8 heteroatoms. The molecule has 0 saturated carbocycles. The van der Waals surface area contributed by atoms with Gasteiger partial charge in [-0.15, -0.1) is 0 Å². The van der Waals surface area contributed by atoms with Gasteiger partial charge in [0, 0.05) is 12.6 Å². The van der Waals surface area contributed by atoms with E-state index in [4.69, 9.17) is 5.73 Å². The van der Waals surface area contributed by atoms with Gasteiger partial charge in [0.05, 0.1) is 4.92 Å². The summed E-state index contributed by atoms with van der Waals surface area (Å²) in [6.07, 6.45) is 3.66. The molecular formula is C11H18N6O2. The van der Waals surface area contributed by atoms with Crippen LogP contribution in [0.25, 0.3) is 0 Å². The first kappa shape index (κ1) is 13.5. The van der Waals surface area contributed by atoms with Crippen molar-refractivity contribution >= 4 is 17.3 Å². The fourth-order valence-electron chi connectivity index (χ4n) is 2.31. The van der Waals surface area contributed by atoms with Crippen molar-refractivity contribution in [2.75, 3.05) is 30.7 Å². The van der Waals surface area contributed by atoms with Gasteiger partial charge in [0.25, 0.3) is 0 Å². The van der Waals surface area contributed by atoms with Crippen molar-refractivity contribution in [1.29, 1.82) is 0 Å². The number of likely N-dealkylation sites (tertiary alicyclic amines) is 1. The number of nitrogens with two attached hydrogens (primary N) is 1. The quantitative estimate of drug-likeness (QED) is 0.600. The summed E-state index contributed by atoms with van der Waals surface area (Å²) in [5, 5.41) is 14.0. The van der Waals surface area contributed by atoms with Crippen LogP contribution < -0.4 is 11.1 Å². The van der Waals surface area contributed by atoms with E-state index in [2.05, 4.69) is 20.2 Å². The topological polar surface area (TPSA) is 110 Å². The summed E-state index contributed by atoms with van der Waals surface area (Å²) in [4.78, 5) is 20.3. The van der Waals surface area contributed by atoms with E-state index in [0.29, 0.717) is 0 Å². The van der Waals surface area contributed by atoms with E-state index >= 15 is 0 Å². The van der Waals surface area contributed by atoms with Crippen LogP contribution in [0.5, 0.6) is 0 Å². The van der Waals surface area contributed by atoms with Gasteiger partial charge in [0.15, 0.2) is 0 Å². The van der Waals surface area contributed by atoms with Crippen LogP contribution in [0, 0.1) is 10.1 Å². The van der Waals surface area contributed by atoms with Crippen molar-refractivity contribution in [3.63, 3.8) is 0 Å². The predicted octanol–water partition coefficient (Wildman–Crippen LogP) is 0.863. The minimum atomic E-state index is -0.555. The number of hydrogen-bond acceptors (Lipinski definition) is 7. The highest BCUT2D eigenvalue weighted by Gasteiger charge is 2.23. The Hall–Kier alpha value is -1.96. The SMILES string of the molecule is CC(CN1CCCC1)Nc1ncnc(N)c1[N+](=O)[O-]. The molecule has 0 amide bonds. The second kappa shape index (κ2) is 5.79. The fraction of sp³-hybridized carbons (Fsp3) is 0.636. The standard InChI is InChI=1S/C11H18N6O2/c1-8(6-16-4-2-3-5-16)15-11-9(17(18)19)10(12)13-7-14-11/h7-8H,2-6H2,1H3,(H3,12,13,14,15). The van der Waals surface area contributed by atoms with E-state index < -0.39 is 4.92 Å². The smallest absolute Gasteiger partial charge is 0.352 e. The summed E-state index contributed by atoms with van der Waals surface area (Å²) in [5.74, 6) is 0.0695. The van der Waals surface area contributed by atoms with Gasteiger partial charge < -0.3 is 16.0 Å². The highest BCUT2D eigenvalue weighted by Crippen LogP contribution is 2.26. The average molecular weight is 266 g/mol. The summed E-state index contributed by atoms with van der Waals surface area (Å²) in [6, 6.07) is 0.0612. The van der Waals surface area contributed by atoms with Crippen LogP contribution in [0.4, 0.5) is 17.3 Å². The zero-order valence-electron chi connectivity index (χ0n) is 10.9. The molecule has 0 aliphatic carbocycles. The molecular weight excluding hydrogens is 248 g/mol. The van der Waals surface area contributed by atoms with E-state index in [1.165, 1.54) is 19.2 Å². The first-order valence-electron chi connectivity index (χ1n) is 6.31. The number of aromatic nitrogens is 2. The molecule has 19 heavy (non-hydrogen) atoms. The number of nitro groups is 1. The number of nitrogens with zero attached hydrogens (tertiary/aromatic N) is 4. The maximum absolute atomic E-state index is 11.0. The summed E-state index contributed by atoms with van der Waals surface area (Å²) in [5.41, 5.74) is 5.26. The lowest BCUT2D eigenvalue weighted by molar-refractivity contribution is -0.383. The van der Waals surface area contributed by atoms with E-state index in [1.54, 1.807) is 0 Å². The van der Waals surface area contributed by atoms with Gasteiger partial charge in [-0.2, -0.15) is 0 Å². The molecule has 2 rings (SSSR count). The molecule has 1 aliphatic heterocycles. The Labute approximate surface area is 111 Å². The van der Waals surface area contributed by atoms with Gasteiger partial charge in [-0.05, 0) is 32.9 Å². The highest BCUT2D eigenvalue weighted by molar-refractivity contribution is 5.67. The monoisotopic (exact) mass is 266 g/mol. The van der Waals surface area contributed by atoms with Crippen LogP contribution in [0.15, 0.2) is 6.33 Å². The molecule has 1 atom stereocenters. The molecule has 1 saturated heterocycles. The molecule has 0 bridgehead atoms. The van der Waals surface area contributed by atoms with E-state index in [9.17, 15) is 10.1 Å². The number of rotatable bonds is 5. The number of nitrogens with one attached hydrogen (secondary N) is 1. The molecule has 1 aliphatic rings. The largest absolute Gasteiger partial charge is 0.378 e. The molecule has 0 aromatic carbocycles. The minimum absolute atomic E-state index is 0.0612. The maximum Gasteiger partial charge on any atom is 0.352 e. The lowest BCUT2D eigenvalue weighted by atomic mass is 10.3. The van der Waals surface area contributed by atoms with E-state index in [1.807, 2.05) is 6.92 Å². The van der Waals surface area contributed by atoms with Gasteiger partial charge in [0.2, 0.25) is 11.6 Å². The van der Waals surface area contributed by atoms with Crippen molar-refractivity contribution in [2.45, 2.75) is 25.8 Å². The number of hydrogen-bond donors (Lipinski definition) is 2. The van der Waals surface area contributed by atoms with Crippen molar-refractivity contribution in [1.82, 2.24) is 14.9 Å². The van der Waals surface area contributed by atoms with Crippen LogP contribution in [-0.4, -0.2) is 45.5 Å². The molecule has 3 N–H and O–H groups in total. The van der Waals surface area contributed by atoms with Crippen LogP contribution in [-0.2, 0) is 0 Å². The molecule has 104 valence electrons. The molecule has 0 spiro atoms. The van der Waals surface area contributed by atoms with Crippen molar-refractivity contribution in [3.8, 4) is 0 Å². The zero-order valence-corrected chi connectivity index (χ0v) is 10.9. The number of nitrogen functional groups attached to an aromatic ring is 1. The Morgan fingerprint density at radius 1 is 1.53 bits per heavy atom. The molecule has 1 unspecified atom stereocenters. The Morgan fingerprint density at radius 3 is 2.84 bits per heavy atom. The van der Waals surface area contributed by atoms with Crippen LogP contribution in [0.3, 0.4) is 0 Å². The Bertz CT molecular complexity index is 460. The normalized spacial score (nSPS) is 17.3. The van der Waals surface area contributed by atoms with Gasteiger partial charge in [-0.25, -0.2) is 9.97 Å². The fourth-order valence-corrected chi connectivity index (χ4v) is 2.31. The second-order valence-corrected chi connectivity index (χ2v) is 4.77. The molecule has 0 radical (unpaired) electrons. The molecule has 1 aromatic rings. The lowest BCUT2D eigenvalue weighted by Gasteiger charge is -2.21. The van der Waals surface area contributed by atoms with Crippen LogP contribution in [0.1, 0.15) is 19.8 Å². The summed E-state index contributed by atoms with van der Waals surface area (Å²) >= 11 is 0. The van der Waals surface area contributed by atoms with Crippen molar-refractivity contribution in [2.24, 2.45) is 0 Å². The minimum Gasteiger partial charge on any atom is -0.378 e. The molecule has 1 aromatic heterocycles. The third-order valence-electron chi connectivity index (χ3n) is 3.15. The Balaban J connectivity index is 2.05. The van der Waals surface area contributed by atoms with Crippen molar-refractivity contribution in [3.05, 3.63) is 16.4 Å². The summed E-state index contributed by atoms with van der Waals surface area (Å²) in [7, 11) is 0. The third kappa shape index (κ3) is 3.28. The van der Waals surface area contributed by atoms with Gasteiger partial charge in [0.1, 0.15) is 6.33 Å². The molecule has 8 nitrogen and oxygen atoms in total. The summed E-state index contributed by atoms with van der Waals surface area (Å²) < 4.78 is 0. The Morgan fingerprint density at radius 2 is 2.21 bits per heavy atom. The highest BCUT2D eigenvalue weighted by atomic mass is 16.6. The second-order valence-electron chi connectivity index (χ2n) is 4.77. The first-order chi connectivity index (χ1) is 9.08. The summed E-state index contributed by atoms with van der Waals surface area (Å²) in [6.45, 7) is 4.97. The van der Waals surface area contributed by atoms with Gasteiger partial charge >= 0.3 is 5.69 Å². The first-order valence-corrected chi connectivity index (χ1v) is 6.31. The number of anilines is 2. The van der Waals surface area contributed by atoms with Crippen molar-refractivity contribution < 1.29 is 4.92 Å². The molecule has 1 fully saturated rings. The van der Waals surface area contributed by atoms with Crippen LogP contribution >= 0.6 is 0 Å². The van der Waals surface area contributed by atoms with Gasteiger partial charge in [-0.1, -0.05) is 0 Å². The predicted molar refractivity (Wildman–Crippen MR) is 71.9 cm³/mol. The van der Waals surface area contributed by atoms with Crippen LogP contribution in [0.2, 0.25) is 0 Å².